The highest BCUT2D eigenvalue weighted by Crippen LogP contribution is 2.29. The van der Waals surface area contributed by atoms with Gasteiger partial charge in [0.05, 0.1) is 33.5 Å². The van der Waals surface area contributed by atoms with Crippen molar-refractivity contribution in [1.82, 2.24) is 0 Å². The smallest absolute Gasteiger partial charge is 0.338 e. The van der Waals surface area contributed by atoms with Crippen molar-refractivity contribution >= 4 is 34.9 Å². The van der Waals surface area contributed by atoms with Crippen LogP contribution in [-0.4, -0.2) is 25.3 Å². The minimum absolute atomic E-state index is 0.233. The lowest BCUT2D eigenvalue weighted by Gasteiger charge is -2.22. The molecule has 0 heterocycles. The highest BCUT2D eigenvalue weighted by Gasteiger charge is 2.18. The largest absolute Gasteiger partial charge is 0.462 e. The van der Waals surface area contributed by atoms with Crippen LogP contribution in [0.2, 0.25) is 10.0 Å². The Kier molecular flexibility index (Phi) is 5.47. The van der Waals surface area contributed by atoms with Gasteiger partial charge in [-0.1, -0.05) is 23.2 Å². The third-order valence-electron chi connectivity index (χ3n) is 2.80. The highest BCUT2D eigenvalue weighted by atomic mass is 35.5. The van der Waals surface area contributed by atoms with E-state index in [1.807, 2.05) is 13.8 Å². The molecule has 1 aromatic carbocycles. The van der Waals surface area contributed by atoms with Gasteiger partial charge in [-0.2, -0.15) is 0 Å². The van der Waals surface area contributed by atoms with E-state index in [0.29, 0.717) is 6.42 Å². The number of ether oxygens (including phenoxy) is 2. The molecule has 19 heavy (non-hydrogen) atoms. The fraction of sp³-hybridized carbons (Fsp3) is 0.462. The van der Waals surface area contributed by atoms with Gasteiger partial charge in [-0.25, -0.2) is 4.79 Å². The number of hydrogen-bond donors (Lipinski definition) is 1. The van der Waals surface area contributed by atoms with E-state index in [2.05, 4.69) is 0 Å². The highest BCUT2D eigenvalue weighted by molar-refractivity contribution is 6.39. The molecule has 4 nitrogen and oxygen atoms in total. The maximum Gasteiger partial charge on any atom is 0.338 e. The second kappa shape index (κ2) is 6.46. The molecule has 0 atom stereocenters. The number of rotatable bonds is 5. The molecule has 6 heteroatoms. The standard InChI is InChI=1S/C13H17Cl2NO3/c1-13(2,18-3)4-5-19-12(17)8-6-9(14)11(16)10(15)7-8/h6-7H,4-5,16H2,1-3H3. The van der Waals surface area contributed by atoms with Crippen LogP contribution in [0.1, 0.15) is 30.6 Å². The first kappa shape index (κ1) is 16.1. The Labute approximate surface area is 122 Å². The van der Waals surface area contributed by atoms with Gasteiger partial charge in [0, 0.05) is 13.5 Å². The number of anilines is 1. The zero-order valence-corrected chi connectivity index (χ0v) is 12.6. The lowest BCUT2D eigenvalue weighted by molar-refractivity contribution is -0.00563. The molecule has 0 fully saturated rings. The van der Waals surface area contributed by atoms with Gasteiger partial charge in [0.1, 0.15) is 0 Å². The molecular formula is C13H17Cl2NO3. The topological polar surface area (TPSA) is 61.5 Å². The molecule has 1 aromatic rings. The number of hydrogen-bond acceptors (Lipinski definition) is 4. The third kappa shape index (κ3) is 4.56. The Hall–Kier alpha value is -0.970. The molecule has 106 valence electrons. The van der Waals surface area contributed by atoms with Gasteiger partial charge in [0.25, 0.3) is 0 Å². The van der Waals surface area contributed by atoms with E-state index in [0.717, 1.165) is 0 Å². The van der Waals surface area contributed by atoms with Gasteiger partial charge < -0.3 is 15.2 Å². The van der Waals surface area contributed by atoms with Crippen LogP contribution < -0.4 is 5.73 Å². The number of carbonyl (C=O) groups excluding carboxylic acids is 1. The zero-order valence-electron chi connectivity index (χ0n) is 11.1. The maximum atomic E-state index is 11.8. The van der Waals surface area contributed by atoms with Crippen molar-refractivity contribution in [3.05, 3.63) is 27.7 Å². The van der Waals surface area contributed by atoms with Gasteiger partial charge in [0.2, 0.25) is 0 Å². The van der Waals surface area contributed by atoms with Crippen LogP contribution in [0.25, 0.3) is 0 Å². The molecule has 0 aliphatic rings. The number of nitrogen functional groups attached to an aromatic ring is 1. The molecule has 0 unspecified atom stereocenters. The van der Waals surface area contributed by atoms with Crippen molar-refractivity contribution in [1.29, 1.82) is 0 Å². The molecule has 0 aliphatic heterocycles. The molecule has 0 saturated heterocycles. The summed E-state index contributed by atoms with van der Waals surface area (Å²) in [6.07, 6.45) is 0.589. The summed E-state index contributed by atoms with van der Waals surface area (Å²) in [4.78, 5) is 11.8. The second-order valence-electron chi connectivity index (χ2n) is 4.70. The average molecular weight is 306 g/mol. The molecule has 2 N–H and O–H groups in total. The van der Waals surface area contributed by atoms with Crippen LogP contribution in [-0.2, 0) is 9.47 Å². The van der Waals surface area contributed by atoms with Crippen LogP contribution in [0.4, 0.5) is 5.69 Å². The molecule has 1 rings (SSSR count). The summed E-state index contributed by atoms with van der Waals surface area (Å²) in [7, 11) is 1.61. The summed E-state index contributed by atoms with van der Waals surface area (Å²) in [6, 6.07) is 2.87. The average Bonchev–Trinajstić information content (AvgIpc) is 2.35. The monoisotopic (exact) mass is 305 g/mol. The predicted molar refractivity (Wildman–Crippen MR) is 76.9 cm³/mol. The molecule has 0 saturated carbocycles. The molecular weight excluding hydrogens is 289 g/mol. The first-order chi connectivity index (χ1) is 8.76. The van der Waals surface area contributed by atoms with E-state index in [-0.39, 0.29) is 33.5 Å². The van der Waals surface area contributed by atoms with Crippen molar-refractivity contribution in [3.63, 3.8) is 0 Å². The van der Waals surface area contributed by atoms with Gasteiger partial charge in [0.15, 0.2) is 0 Å². The van der Waals surface area contributed by atoms with Crippen LogP contribution >= 0.6 is 23.2 Å². The van der Waals surface area contributed by atoms with Gasteiger partial charge in [-0.15, -0.1) is 0 Å². The Balaban J connectivity index is 2.65. The summed E-state index contributed by atoms with van der Waals surface area (Å²) in [5, 5.41) is 0.466. The van der Waals surface area contributed by atoms with E-state index < -0.39 is 5.97 Å². The van der Waals surface area contributed by atoms with Crippen LogP contribution in [0.15, 0.2) is 12.1 Å². The maximum absolute atomic E-state index is 11.8. The first-order valence-electron chi connectivity index (χ1n) is 5.73. The Morgan fingerprint density at radius 3 is 2.32 bits per heavy atom. The number of esters is 1. The third-order valence-corrected chi connectivity index (χ3v) is 3.43. The van der Waals surface area contributed by atoms with Gasteiger partial charge in [-0.05, 0) is 26.0 Å². The summed E-state index contributed by atoms with van der Waals surface area (Å²) in [5.74, 6) is -0.490. The summed E-state index contributed by atoms with van der Waals surface area (Å²) >= 11 is 11.7. The lowest BCUT2D eigenvalue weighted by atomic mass is 10.1. The summed E-state index contributed by atoms with van der Waals surface area (Å²) in [6.45, 7) is 4.08. The van der Waals surface area contributed by atoms with Crippen molar-refractivity contribution in [2.45, 2.75) is 25.9 Å². The molecule has 0 aliphatic carbocycles. The van der Waals surface area contributed by atoms with Crippen molar-refractivity contribution in [3.8, 4) is 0 Å². The normalized spacial score (nSPS) is 11.4. The van der Waals surface area contributed by atoms with Gasteiger partial charge in [-0.3, -0.25) is 0 Å². The van der Waals surface area contributed by atoms with Crippen LogP contribution in [0, 0.1) is 0 Å². The second-order valence-corrected chi connectivity index (χ2v) is 5.52. The number of carbonyl (C=O) groups is 1. The number of nitrogens with two attached hydrogens (primary N) is 1. The van der Waals surface area contributed by atoms with Crippen LogP contribution in [0.5, 0.6) is 0 Å². The van der Waals surface area contributed by atoms with E-state index in [9.17, 15) is 4.79 Å². The molecule has 0 aromatic heterocycles. The lowest BCUT2D eigenvalue weighted by Crippen LogP contribution is -2.25. The molecule has 0 bridgehead atoms. The van der Waals surface area contributed by atoms with Gasteiger partial charge >= 0.3 is 5.97 Å². The van der Waals surface area contributed by atoms with Crippen molar-refractivity contribution < 1.29 is 14.3 Å². The first-order valence-corrected chi connectivity index (χ1v) is 6.49. The van der Waals surface area contributed by atoms with E-state index in [1.54, 1.807) is 7.11 Å². The number of methoxy groups -OCH3 is 1. The fourth-order valence-corrected chi connectivity index (χ4v) is 1.76. The predicted octanol–water partition coefficient (Wildman–Crippen LogP) is 3.55. The van der Waals surface area contributed by atoms with Crippen LogP contribution in [0.3, 0.4) is 0 Å². The molecule has 0 amide bonds. The van der Waals surface area contributed by atoms with E-state index in [1.165, 1.54) is 12.1 Å². The molecule has 0 spiro atoms. The Morgan fingerprint density at radius 1 is 1.32 bits per heavy atom. The summed E-state index contributed by atoms with van der Waals surface area (Å²) in [5.41, 5.74) is 5.78. The quantitative estimate of drug-likeness (QED) is 0.667. The Bertz CT molecular complexity index is 452. The minimum atomic E-state index is -0.490. The van der Waals surface area contributed by atoms with Crippen molar-refractivity contribution in [2.75, 3.05) is 19.5 Å². The van der Waals surface area contributed by atoms with E-state index >= 15 is 0 Å². The summed E-state index contributed by atoms with van der Waals surface area (Å²) < 4.78 is 10.4. The Morgan fingerprint density at radius 2 is 1.84 bits per heavy atom. The zero-order chi connectivity index (χ0) is 14.6. The minimum Gasteiger partial charge on any atom is -0.462 e. The van der Waals surface area contributed by atoms with E-state index in [4.69, 9.17) is 38.4 Å². The number of halogens is 2. The number of benzene rings is 1. The fourth-order valence-electron chi connectivity index (χ4n) is 1.28. The molecule has 0 radical (unpaired) electrons. The van der Waals surface area contributed by atoms with Crippen molar-refractivity contribution in [2.24, 2.45) is 0 Å². The SMILES string of the molecule is COC(C)(C)CCOC(=O)c1cc(Cl)c(N)c(Cl)c1.